The molecule has 0 aliphatic rings. The van der Waals surface area contributed by atoms with Gasteiger partial charge in [-0.1, -0.05) is 60.7 Å². The summed E-state index contributed by atoms with van der Waals surface area (Å²) in [5.74, 6) is -1.10. The minimum absolute atomic E-state index is 0.152. The highest BCUT2D eigenvalue weighted by Crippen LogP contribution is 2.24. The van der Waals surface area contributed by atoms with Crippen molar-refractivity contribution in [2.24, 2.45) is 0 Å². The van der Waals surface area contributed by atoms with Crippen molar-refractivity contribution in [3.63, 3.8) is 0 Å². The molecule has 0 aliphatic heterocycles. The minimum atomic E-state index is -1.10. The number of aliphatic carboxylic acids is 1. The molecule has 1 unspecified atom stereocenters. The van der Waals surface area contributed by atoms with E-state index in [1.165, 1.54) is 12.0 Å². The van der Waals surface area contributed by atoms with Crippen LogP contribution in [-0.4, -0.2) is 29.2 Å². The molecule has 0 radical (unpaired) electrons. The Bertz CT molecular complexity index is 628. The van der Waals surface area contributed by atoms with Gasteiger partial charge >= 0.3 is 12.1 Å². The van der Waals surface area contributed by atoms with Gasteiger partial charge in [0.15, 0.2) is 6.04 Å². The molecule has 5 nitrogen and oxygen atoms in total. The fraction of sp³-hybridized carbons (Fsp3) is 0.176. The Hall–Kier alpha value is -2.82. The molecule has 0 fully saturated rings. The first-order valence-corrected chi connectivity index (χ1v) is 6.79. The molecular weight excluding hydrogens is 282 g/mol. The number of rotatable bonds is 5. The highest BCUT2D eigenvalue weighted by atomic mass is 16.5. The van der Waals surface area contributed by atoms with Crippen LogP contribution in [0.2, 0.25) is 0 Å². The molecule has 1 atom stereocenters. The van der Waals surface area contributed by atoms with E-state index >= 15 is 0 Å². The quantitative estimate of drug-likeness (QED) is 0.921. The van der Waals surface area contributed by atoms with Crippen LogP contribution in [0.3, 0.4) is 0 Å². The highest BCUT2D eigenvalue weighted by Gasteiger charge is 2.31. The molecule has 2 aromatic carbocycles. The summed E-state index contributed by atoms with van der Waals surface area (Å²) in [7, 11) is 1.24. The lowest BCUT2D eigenvalue weighted by Gasteiger charge is -2.28. The summed E-state index contributed by atoms with van der Waals surface area (Å²) < 4.78 is 4.76. The van der Waals surface area contributed by atoms with Crippen molar-refractivity contribution < 1.29 is 19.4 Å². The van der Waals surface area contributed by atoms with E-state index in [4.69, 9.17) is 4.74 Å². The van der Waals surface area contributed by atoms with E-state index < -0.39 is 18.1 Å². The minimum Gasteiger partial charge on any atom is -0.479 e. The summed E-state index contributed by atoms with van der Waals surface area (Å²) in [5, 5.41) is 9.57. The lowest BCUT2D eigenvalue weighted by atomic mass is 10.0. The Morgan fingerprint density at radius 2 is 1.59 bits per heavy atom. The van der Waals surface area contributed by atoms with Crippen LogP contribution >= 0.6 is 0 Å². The van der Waals surface area contributed by atoms with Crippen molar-refractivity contribution in [3.8, 4) is 0 Å². The van der Waals surface area contributed by atoms with Gasteiger partial charge in [0.2, 0.25) is 0 Å². The van der Waals surface area contributed by atoms with E-state index in [0.29, 0.717) is 5.56 Å². The second-order valence-electron chi connectivity index (χ2n) is 4.73. The summed E-state index contributed by atoms with van der Waals surface area (Å²) in [6, 6.07) is 16.7. The zero-order valence-corrected chi connectivity index (χ0v) is 12.2. The van der Waals surface area contributed by atoms with Gasteiger partial charge in [0.05, 0.1) is 13.7 Å². The number of carbonyl (C=O) groups is 2. The maximum Gasteiger partial charge on any atom is 0.410 e. The first-order valence-electron chi connectivity index (χ1n) is 6.79. The fourth-order valence-corrected chi connectivity index (χ4v) is 2.25. The van der Waals surface area contributed by atoms with E-state index in [2.05, 4.69) is 0 Å². The molecule has 0 aromatic heterocycles. The number of carboxylic acids is 1. The lowest BCUT2D eigenvalue weighted by Crippen LogP contribution is -2.38. The van der Waals surface area contributed by atoms with Gasteiger partial charge in [-0.25, -0.2) is 9.59 Å². The van der Waals surface area contributed by atoms with Gasteiger partial charge in [-0.05, 0) is 11.1 Å². The van der Waals surface area contributed by atoms with Crippen LogP contribution in [0, 0.1) is 0 Å². The molecular formula is C17H17NO4. The number of methoxy groups -OCH3 is 1. The molecule has 5 heteroatoms. The Morgan fingerprint density at radius 3 is 2.09 bits per heavy atom. The van der Waals surface area contributed by atoms with E-state index in [1.54, 1.807) is 30.3 Å². The molecule has 22 heavy (non-hydrogen) atoms. The Balaban J connectivity index is 2.37. The molecule has 0 saturated heterocycles. The maximum atomic E-state index is 12.1. The SMILES string of the molecule is COC(=O)N(Cc1ccccc1)C(C(=O)O)c1ccccc1. The summed E-state index contributed by atoms with van der Waals surface area (Å²) in [6.45, 7) is 0.152. The first-order chi connectivity index (χ1) is 10.6. The normalized spacial score (nSPS) is 11.5. The standard InChI is InChI=1S/C17H17NO4/c1-22-17(21)18(12-13-8-4-2-5-9-13)15(16(19)20)14-10-6-3-7-11-14/h2-11,15H,12H2,1H3,(H,19,20). The molecule has 2 aromatic rings. The fourth-order valence-electron chi connectivity index (χ4n) is 2.25. The molecule has 0 saturated carbocycles. The molecule has 1 N–H and O–H groups in total. The topological polar surface area (TPSA) is 66.8 Å². The maximum absolute atomic E-state index is 12.1. The van der Waals surface area contributed by atoms with Gasteiger partial charge in [-0.3, -0.25) is 4.90 Å². The van der Waals surface area contributed by atoms with Gasteiger partial charge in [-0.15, -0.1) is 0 Å². The average Bonchev–Trinajstić information content (AvgIpc) is 2.55. The molecule has 0 bridgehead atoms. The number of benzene rings is 2. The predicted octanol–water partition coefficient (Wildman–Crippen LogP) is 3.08. The summed E-state index contributed by atoms with van der Waals surface area (Å²) in [5.41, 5.74) is 1.35. The van der Waals surface area contributed by atoms with Gasteiger partial charge in [0.1, 0.15) is 0 Å². The van der Waals surface area contributed by atoms with Crippen LogP contribution in [0.1, 0.15) is 17.2 Å². The van der Waals surface area contributed by atoms with Gasteiger partial charge in [0, 0.05) is 0 Å². The monoisotopic (exact) mass is 299 g/mol. The summed E-state index contributed by atoms with van der Waals surface area (Å²) >= 11 is 0. The van der Waals surface area contributed by atoms with Crippen LogP contribution in [0.5, 0.6) is 0 Å². The molecule has 1 amide bonds. The third kappa shape index (κ3) is 3.63. The number of carboxylic acid groups (broad SMARTS) is 1. The molecule has 114 valence electrons. The van der Waals surface area contributed by atoms with Crippen LogP contribution in [0.15, 0.2) is 60.7 Å². The highest BCUT2D eigenvalue weighted by molar-refractivity contribution is 5.81. The second-order valence-corrected chi connectivity index (χ2v) is 4.73. The van der Waals surface area contributed by atoms with Crippen LogP contribution in [0.25, 0.3) is 0 Å². The molecule has 0 spiro atoms. The van der Waals surface area contributed by atoms with Gasteiger partial charge < -0.3 is 9.84 Å². The van der Waals surface area contributed by atoms with Crippen molar-refractivity contribution >= 4 is 12.1 Å². The smallest absolute Gasteiger partial charge is 0.410 e. The number of nitrogens with zero attached hydrogens (tertiary/aromatic N) is 1. The average molecular weight is 299 g/mol. The van der Waals surface area contributed by atoms with Gasteiger partial charge in [-0.2, -0.15) is 0 Å². The predicted molar refractivity (Wildman–Crippen MR) is 81.2 cm³/mol. The Labute approximate surface area is 128 Å². The number of amides is 1. The molecule has 0 heterocycles. The summed E-state index contributed by atoms with van der Waals surface area (Å²) in [4.78, 5) is 25.0. The van der Waals surface area contributed by atoms with Crippen molar-refractivity contribution in [2.45, 2.75) is 12.6 Å². The van der Waals surface area contributed by atoms with E-state index in [-0.39, 0.29) is 6.54 Å². The Kier molecular flexibility index (Phi) is 5.14. The molecule has 2 rings (SSSR count). The van der Waals surface area contributed by atoms with Crippen LogP contribution in [-0.2, 0) is 16.1 Å². The number of hydrogen-bond donors (Lipinski definition) is 1. The van der Waals surface area contributed by atoms with Gasteiger partial charge in [0.25, 0.3) is 0 Å². The largest absolute Gasteiger partial charge is 0.479 e. The van der Waals surface area contributed by atoms with Crippen molar-refractivity contribution in [2.75, 3.05) is 7.11 Å². The first kappa shape index (κ1) is 15.6. The second kappa shape index (κ2) is 7.26. The third-order valence-electron chi connectivity index (χ3n) is 3.27. The van der Waals surface area contributed by atoms with Crippen LogP contribution < -0.4 is 0 Å². The number of hydrogen-bond acceptors (Lipinski definition) is 3. The van der Waals surface area contributed by atoms with Crippen molar-refractivity contribution in [1.82, 2.24) is 4.90 Å². The van der Waals surface area contributed by atoms with Crippen LogP contribution in [0.4, 0.5) is 4.79 Å². The zero-order valence-electron chi connectivity index (χ0n) is 12.2. The van der Waals surface area contributed by atoms with Crippen molar-refractivity contribution in [3.05, 3.63) is 71.8 Å². The Morgan fingerprint density at radius 1 is 1.05 bits per heavy atom. The number of ether oxygens (including phenoxy) is 1. The number of carbonyl (C=O) groups excluding carboxylic acids is 1. The zero-order chi connectivity index (χ0) is 15.9. The van der Waals surface area contributed by atoms with E-state index in [1.807, 2.05) is 30.3 Å². The van der Waals surface area contributed by atoms with E-state index in [0.717, 1.165) is 5.56 Å². The van der Waals surface area contributed by atoms with Crippen molar-refractivity contribution in [1.29, 1.82) is 0 Å². The summed E-state index contributed by atoms with van der Waals surface area (Å²) in [6.07, 6.45) is -0.680. The van der Waals surface area contributed by atoms with E-state index in [9.17, 15) is 14.7 Å². The third-order valence-corrected chi connectivity index (χ3v) is 3.27. The molecule has 0 aliphatic carbocycles. The lowest BCUT2D eigenvalue weighted by molar-refractivity contribution is -0.143.